The Hall–Kier alpha value is -2.54. The molecule has 0 heterocycles. The molecule has 128 valence electrons. The summed E-state index contributed by atoms with van der Waals surface area (Å²) in [4.78, 5) is 11.2. The quantitative estimate of drug-likeness (QED) is 0.796. The van der Waals surface area contributed by atoms with Crippen LogP contribution in [0.2, 0.25) is 0 Å². The Morgan fingerprint density at radius 2 is 1.79 bits per heavy atom. The third-order valence-corrected chi connectivity index (χ3v) is 5.20. The third kappa shape index (κ3) is 4.26. The molecule has 2 N–H and O–H groups in total. The lowest BCUT2D eigenvalue weighted by atomic mass is 10.2. The van der Waals surface area contributed by atoms with E-state index in [1.165, 1.54) is 12.1 Å². The van der Waals surface area contributed by atoms with Gasteiger partial charge in [-0.15, -0.1) is 0 Å². The van der Waals surface area contributed by atoms with Crippen LogP contribution in [0.25, 0.3) is 0 Å². The number of phenols is 1. The molecule has 7 heteroatoms. The van der Waals surface area contributed by atoms with Gasteiger partial charge in [0.05, 0.1) is 10.6 Å². The summed E-state index contributed by atoms with van der Waals surface area (Å²) in [6.07, 6.45) is 0.830. The van der Waals surface area contributed by atoms with E-state index < -0.39 is 15.8 Å². The van der Waals surface area contributed by atoms with E-state index in [-0.39, 0.29) is 34.3 Å². The number of benzene rings is 2. The topological polar surface area (TPSA) is 101 Å². The van der Waals surface area contributed by atoms with Gasteiger partial charge in [-0.2, -0.15) is 0 Å². The molecule has 2 aromatic carbocycles. The lowest BCUT2D eigenvalue weighted by Crippen LogP contribution is -2.14. The van der Waals surface area contributed by atoms with E-state index in [1.54, 1.807) is 24.3 Å². The van der Waals surface area contributed by atoms with Crippen LogP contribution in [0.1, 0.15) is 22.8 Å². The van der Waals surface area contributed by atoms with Gasteiger partial charge in [0.2, 0.25) is 0 Å². The molecule has 0 amide bonds. The fourth-order valence-corrected chi connectivity index (χ4v) is 3.19. The molecule has 0 unspecified atom stereocenters. The van der Waals surface area contributed by atoms with Crippen molar-refractivity contribution in [3.63, 3.8) is 0 Å². The molecule has 0 aliphatic heterocycles. The number of aromatic hydroxyl groups is 1. The number of aromatic carboxylic acids is 1. The number of aryl methyl sites for hydroxylation is 1. The summed E-state index contributed by atoms with van der Waals surface area (Å²) in [5, 5.41) is 18.3. The van der Waals surface area contributed by atoms with Crippen molar-refractivity contribution in [3.8, 4) is 11.5 Å². The first-order chi connectivity index (χ1) is 11.3. The van der Waals surface area contributed by atoms with Crippen LogP contribution in [0, 0.1) is 0 Å². The molecule has 0 saturated carbocycles. The van der Waals surface area contributed by atoms with Crippen LogP contribution < -0.4 is 4.74 Å². The van der Waals surface area contributed by atoms with Crippen molar-refractivity contribution >= 4 is 15.8 Å². The largest absolute Gasteiger partial charge is 0.507 e. The Labute approximate surface area is 140 Å². The summed E-state index contributed by atoms with van der Waals surface area (Å²) in [6, 6.07) is 10.4. The Kier molecular flexibility index (Phi) is 5.46. The van der Waals surface area contributed by atoms with Crippen molar-refractivity contribution in [3.05, 3.63) is 53.6 Å². The molecule has 0 saturated heterocycles. The zero-order valence-electron chi connectivity index (χ0n) is 13.1. The van der Waals surface area contributed by atoms with Gasteiger partial charge in [-0.25, -0.2) is 13.2 Å². The molecule has 0 aliphatic rings. The first kappa shape index (κ1) is 17.8. The van der Waals surface area contributed by atoms with Crippen LogP contribution >= 0.6 is 0 Å². The normalized spacial score (nSPS) is 11.2. The van der Waals surface area contributed by atoms with E-state index in [9.17, 15) is 18.3 Å². The third-order valence-electron chi connectivity index (χ3n) is 3.51. The van der Waals surface area contributed by atoms with Crippen LogP contribution in [0.5, 0.6) is 11.5 Å². The van der Waals surface area contributed by atoms with Crippen LogP contribution in [-0.4, -0.2) is 37.0 Å². The van der Waals surface area contributed by atoms with Gasteiger partial charge < -0.3 is 14.9 Å². The molecule has 0 aromatic heterocycles. The Morgan fingerprint density at radius 3 is 2.38 bits per heavy atom. The second-order valence-corrected chi connectivity index (χ2v) is 7.26. The molecule has 24 heavy (non-hydrogen) atoms. The number of hydrogen-bond donors (Lipinski definition) is 2. The summed E-state index contributed by atoms with van der Waals surface area (Å²) in [7, 11) is -3.48. The van der Waals surface area contributed by atoms with Gasteiger partial charge in [0, 0.05) is 0 Å². The average molecular weight is 350 g/mol. The first-order valence-electron chi connectivity index (χ1n) is 7.34. The van der Waals surface area contributed by atoms with Crippen LogP contribution in [-0.2, 0) is 16.3 Å². The first-order valence-corrected chi connectivity index (χ1v) is 8.99. The van der Waals surface area contributed by atoms with Gasteiger partial charge in [-0.1, -0.05) is 19.1 Å². The minimum absolute atomic E-state index is 0.123. The molecule has 0 radical (unpaired) electrons. The van der Waals surface area contributed by atoms with E-state index in [4.69, 9.17) is 9.84 Å². The average Bonchev–Trinajstić information content (AvgIpc) is 2.56. The molecular weight excluding hydrogens is 332 g/mol. The van der Waals surface area contributed by atoms with Crippen LogP contribution in [0.3, 0.4) is 0 Å². The summed E-state index contributed by atoms with van der Waals surface area (Å²) < 4.78 is 29.8. The number of ether oxygens (including phenoxy) is 1. The van der Waals surface area contributed by atoms with Crippen molar-refractivity contribution in [1.29, 1.82) is 0 Å². The number of sulfone groups is 1. The second kappa shape index (κ2) is 7.35. The maximum Gasteiger partial charge on any atom is 0.339 e. The molecule has 0 atom stereocenters. The van der Waals surface area contributed by atoms with E-state index in [2.05, 4.69) is 0 Å². The Morgan fingerprint density at radius 1 is 1.12 bits per heavy atom. The van der Waals surface area contributed by atoms with Crippen molar-refractivity contribution < 1.29 is 28.2 Å². The predicted molar refractivity (Wildman–Crippen MR) is 88.4 cm³/mol. The number of hydrogen-bond acceptors (Lipinski definition) is 5. The molecule has 0 bridgehead atoms. The lowest BCUT2D eigenvalue weighted by molar-refractivity contribution is 0.0693. The van der Waals surface area contributed by atoms with E-state index in [1.807, 2.05) is 6.92 Å². The molecule has 6 nitrogen and oxygen atoms in total. The SMILES string of the molecule is CCc1ccc(S(=O)(=O)CCOc2ccc(O)c(C(=O)O)c2)cc1. The van der Waals surface area contributed by atoms with Gasteiger partial charge in [-0.3, -0.25) is 0 Å². The zero-order chi connectivity index (χ0) is 17.7. The minimum atomic E-state index is -3.48. The highest BCUT2D eigenvalue weighted by molar-refractivity contribution is 7.91. The summed E-state index contributed by atoms with van der Waals surface area (Å²) in [5.74, 6) is -1.72. The summed E-state index contributed by atoms with van der Waals surface area (Å²) in [6.45, 7) is 1.86. The maximum atomic E-state index is 12.2. The summed E-state index contributed by atoms with van der Waals surface area (Å²) in [5.41, 5.74) is 0.751. The van der Waals surface area contributed by atoms with E-state index in [0.29, 0.717) is 0 Å². The lowest BCUT2D eigenvalue weighted by Gasteiger charge is -2.09. The summed E-state index contributed by atoms with van der Waals surface area (Å²) >= 11 is 0. The number of rotatable bonds is 7. The zero-order valence-corrected chi connectivity index (χ0v) is 13.9. The fraction of sp³-hybridized carbons (Fsp3) is 0.235. The smallest absolute Gasteiger partial charge is 0.339 e. The Bertz CT molecular complexity index is 825. The molecule has 2 aromatic rings. The highest BCUT2D eigenvalue weighted by Gasteiger charge is 2.15. The monoisotopic (exact) mass is 350 g/mol. The van der Waals surface area contributed by atoms with Crippen molar-refractivity contribution in [2.45, 2.75) is 18.2 Å². The fourth-order valence-electron chi connectivity index (χ4n) is 2.10. The van der Waals surface area contributed by atoms with E-state index in [0.717, 1.165) is 18.1 Å². The molecule has 0 fully saturated rings. The minimum Gasteiger partial charge on any atom is -0.507 e. The number of carboxylic acids is 1. The van der Waals surface area contributed by atoms with Crippen molar-refractivity contribution in [2.75, 3.05) is 12.4 Å². The van der Waals surface area contributed by atoms with Crippen molar-refractivity contribution in [2.24, 2.45) is 0 Å². The maximum absolute atomic E-state index is 12.2. The molecule has 0 aliphatic carbocycles. The molecule has 2 rings (SSSR count). The second-order valence-electron chi connectivity index (χ2n) is 5.15. The van der Waals surface area contributed by atoms with Crippen molar-refractivity contribution in [1.82, 2.24) is 0 Å². The van der Waals surface area contributed by atoms with Crippen LogP contribution in [0.15, 0.2) is 47.4 Å². The highest BCUT2D eigenvalue weighted by atomic mass is 32.2. The van der Waals surface area contributed by atoms with E-state index >= 15 is 0 Å². The standard InChI is InChI=1S/C17H18O6S/c1-2-12-3-6-14(7-4-12)24(21,22)10-9-23-13-5-8-16(18)15(11-13)17(19)20/h3-8,11,18H,2,9-10H2,1H3,(H,19,20). The van der Waals surface area contributed by atoms with Gasteiger partial charge in [0.1, 0.15) is 23.7 Å². The van der Waals surface area contributed by atoms with Crippen LogP contribution in [0.4, 0.5) is 0 Å². The van der Waals surface area contributed by atoms with Gasteiger partial charge in [-0.05, 0) is 42.3 Å². The number of carboxylic acid groups (broad SMARTS) is 1. The predicted octanol–water partition coefficient (Wildman–Crippen LogP) is 2.51. The highest BCUT2D eigenvalue weighted by Crippen LogP contribution is 2.23. The van der Waals surface area contributed by atoms with Gasteiger partial charge in [0.15, 0.2) is 9.84 Å². The number of carbonyl (C=O) groups is 1. The van der Waals surface area contributed by atoms with Gasteiger partial charge in [0.25, 0.3) is 0 Å². The Balaban J connectivity index is 2.02. The molecular formula is C17H18O6S. The molecule has 0 spiro atoms. The van der Waals surface area contributed by atoms with Gasteiger partial charge >= 0.3 is 5.97 Å².